The van der Waals surface area contributed by atoms with Gasteiger partial charge in [0.2, 0.25) is 0 Å². The predicted octanol–water partition coefficient (Wildman–Crippen LogP) is 2.79. The van der Waals surface area contributed by atoms with E-state index in [1.54, 1.807) is 37.7 Å². The highest BCUT2D eigenvalue weighted by Crippen LogP contribution is 2.24. The number of sulfonamides is 1. The number of pyridine rings is 1. The van der Waals surface area contributed by atoms with Crippen molar-refractivity contribution in [2.45, 2.75) is 39.1 Å². The van der Waals surface area contributed by atoms with Crippen molar-refractivity contribution < 1.29 is 8.42 Å². The second kappa shape index (κ2) is 5.76. The molecule has 0 amide bonds. The van der Waals surface area contributed by atoms with Crippen molar-refractivity contribution in [2.24, 2.45) is 0 Å². The van der Waals surface area contributed by atoms with Crippen LogP contribution in [-0.4, -0.2) is 23.2 Å². The number of nitrogens with zero attached hydrogens (tertiary/aromatic N) is 3. The monoisotopic (exact) mass is 372 g/mol. The third-order valence-corrected chi connectivity index (χ3v) is 5.18. The van der Waals surface area contributed by atoms with Gasteiger partial charge in [-0.05, 0) is 55.3 Å². The van der Waals surface area contributed by atoms with Crippen molar-refractivity contribution >= 4 is 31.8 Å². The molecule has 0 radical (unpaired) electrons. The van der Waals surface area contributed by atoms with Crippen LogP contribution in [0.4, 0.5) is 5.82 Å². The molecule has 0 aliphatic rings. The summed E-state index contributed by atoms with van der Waals surface area (Å²) in [4.78, 5) is 4.33. The van der Waals surface area contributed by atoms with Gasteiger partial charge in [-0.25, -0.2) is 13.4 Å². The summed E-state index contributed by atoms with van der Waals surface area (Å²) in [5, 5.41) is 4.24. The Kier molecular flexibility index (Phi) is 4.38. The van der Waals surface area contributed by atoms with Gasteiger partial charge in [-0.3, -0.25) is 9.40 Å². The maximum Gasteiger partial charge on any atom is 0.266 e. The third-order valence-electron chi connectivity index (χ3n) is 3.16. The maximum absolute atomic E-state index is 12.6. The zero-order valence-corrected chi connectivity index (χ0v) is 14.7. The molecule has 0 aliphatic carbocycles. The lowest BCUT2D eigenvalue weighted by Crippen LogP contribution is -2.16. The zero-order chi connectivity index (χ0) is 15.8. The lowest BCUT2D eigenvalue weighted by Gasteiger charge is -2.10. The van der Waals surface area contributed by atoms with Crippen molar-refractivity contribution in [3.05, 3.63) is 33.7 Å². The number of anilines is 1. The average Bonchev–Trinajstić information content (AvgIpc) is 2.68. The molecule has 0 bridgehead atoms. The molecule has 21 heavy (non-hydrogen) atoms. The smallest absolute Gasteiger partial charge is 0.266 e. The Labute approximate surface area is 132 Å². The van der Waals surface area contributed by atoms with Gasteiger partial charge in [-0.2, -0.15) is 5.10 Å². The third kappa shape index (κ3) is 3.11. The first kappa shape index (κ1) is 16.0. The first-order valence-corrected chi connectivity index (χ1v) is 8.73. The molecule has 0 unspecified atom stereocenters. The number of halogens is 1. The summed E-state index contributed by atoms with van der Waals surface area (Å²) in [6, 6.07) is 1.81. The molecule has 0 aromatic carbocycles. The van der Waals surface area contributed by atoms with Gasteiger partial charge < -0.3 is 0 Å². The molecule has 1 N–H and O–H groups in total. The van der Waals surface area contributed by atoms with E-state index in [-0.39, 0.29) is 4.90 Å². The number of rotatable bonds is 4. The largest absolute Gasteiger partial charge is 0.268 e. The number of hydrogen-bond acceptors (Lipinski definition) is 4. The Morgan fingerprint density at radius 2 is 2.00 bits per heavy atom. The van der Waals surface area contributed by atoms with Crippen LogP contribution in [0.3, 0.4) is 0 Å². The molecule has 2 rings (SSSR count). The Balaban J connectivity index is 2.46. The molecule has 0 spiro atoms. The van der Waals surface area contributed by atoms with Crippen molar-refractivity contribution in [1.29, 1.82) is 0 Å². The molecule has 6 nitrogen and oxygen atoms in total. The number of aryl methyl sites for hydroxylation is 3. The SMILES string of the molecule is CCn1nc(C)c(S(=O)(=O)Nc2ncc(Br)cc2C)c1C. The summed E-state index contributed by atoms with van der Waals surface area (Å²) in [7, 11) is -3.71. The summed E-state index contributed by atoms with van der Waals surface area (Å²) < 4.78 is 30.2. The van der Waals surface area contributed by atoms with Crippen LogP contribution in [-0.2, 0) is 16.6 Å². The highest BCUT2D eigenvalue weighted by atomic mass is 79.9. The standard InChI is InChI=1S/C13H17BrN4O2S/c1-5-18-10(4)12(9(3)16-18)21(19,20)17-13-8(2)6-11(14)7-15-13/h6-7H,5H2,1-4H3,(H,15,17). The van der Waals surface area contributed by atoms with Crippen LogP contribution >= 0.6 is 15.9 Å². The van der Waals surface area contributed by atoms with E-state index in [9.17, 15) is 8.42 Å². The topological polar surface area (TPSA) is 76.9 Å². The average molecular weight is 373 g/mol. The Morgan fingerprint density at radius 3 is 2.52 bits per heavy atom. The minimum atomic E-state index is -3.71. The molecule has 2 aromatic rings. The summed E-state index contributed by atoms with van der Waals surface area (Å²) in [6.45, 7) is 7.78. The Hall–Kier alpha value is -1.41. The van der Waals surface area contributed by atoms with E-state index in [0.29, 0.717) is 23.8 Å². The van der Waals surface area contributed by atoms with E-state index in [1.165, 1.54) is 0 Å². The fraction of sp³-hybridized carbons (Fsp3) is 0.385. The Bertz CT molecular complexity index is 784. The van der Waals surface area contributed by atoms with Gasteiger partial charge in [0.25, 0.3) is 10.0 Å². The van der Waals surface area contributed by atoms with Crippen LogP contribution in [0.2, 0.25) is 0 Å². The molecule has 114 valence electrons. The zero-order valence-electron chi connectivity index (χ0n) is 12.3. The number of nitrogens with one attached hydrogen (secondary N) is 1. The van der Waals surface area contributed by atoms with Gasteiger partial charge in [0.15, 0.2) is 0 Å². The van der Waals surface area contributed by atoms with Crippen LogP contribution in [0.5, 0.6) is 0 Å². The normalized spacial score (nSPS) is 11.7. The van der Waals surface area contributed by atoms with Crippen molar-refractivity contribution in [1.82, 2.24) is 14.8 Å². The predicted molar refractivity (Wildman–Crippen MR) is 84.9 cm³/mol. The maximum atomic E-state index is 12.6. The second-order valence-corrected chi connectivity index (χ2v) is 7.28. The van der Waals surface area contributed by atoms with E-state index in [0.717, 1.165) is 10.0 Å². The lowest BCUT2D eigenvalue weighted by molar-refractivity contribution is 0.598. The molecule has 2 heterocycles. The molecular formula is C13H17BrN4O2S. The van der Waals surface area contributed by atoms with Crippen LogP contribution in [0, 0.1) is 20.8 Å². The summed E-state index contributed by atoms with van der Waals surface area (Å²) in [5.41, 5.74) is 1.85. The summed E-state index contributed by atoms with van der Waals surface area (Å²) >= 11 is 3.30. The first-order chi connectivity index (χ1) is 9.76. The molecule has 0 saturated carbocycles. The molecule has 8 heteroatoms. The molecule has 0 aliphatic heterocycles. The van der Waals surface area contributed by atoms with E-state index < -0.39 is 10.0 Å². The van der Waals surface area contributed by atoms with Crippen molar-refractivity contribution in [3.63, 3.8) is 0 Å². The molecule has 0 saturated heterocycles. The van der Waals surface area contributed by atoms with Gasteiger partial charge >= 0.3 is 0 Å². The lowest BCUT2D eigenvalue weighted by atomic mass is 10.3. The van der Waals surface area contributed by atoms with Gasteiger partial charge in [0.05, 0.1) is 11.4 Å². The van der Waals surface area contributed by atoms with Gasteiger partial charge in [-0.1, -0.05) is 0 Å². The fourth-order valence-corrected chi connectivity index (χ4v) is 4.14. The molecule has 0 fully saturated rings. The van der Waals surface area contributed by atoms with E-state index >= 15 is 0 Å². The molecular weight excluding hydrogens is 356 g/mol. The van der Waals surface area contributed by atoms with E-state index in [1.807, 2.05) is 6.92 Å². The minimum Gasteiger partial charge on any atom is -0.268 e. The van der Waals surface area contributed by atoms with Gasteiger partial charge in [0, 0.05) is 17.2 Å². The van der Waals surface area contributed by atoms with Crippen LogP contribution in [0.1, 0.15) is 23.9 Å². The fourth-order valence-electron chi connectivity index (χ4n) is 2.20. The highest BCUT2D eigenvalue weighted by Gasteiger charge is 2.25. The van der Waals surface area contributed by atoms with Gasteiger partial charge in [0.1, 0.15) is 10.7 Å². The highest BCUT2D eigenvalue weighted by molar-refractivity contribution is 9.10. The van der Waals surface area contributed by atoms with Crippen LogP contribution < -0.4 is 4.72 Å². The van der Waals surface area contributed by atoms with E-state index in [4.69, 9.17) is 0 Å². The van der Waals surface area contributed by atoms with Gasteiger partial charge in [-0.15, -0.1) is 0 Å². The number of aromatic nitrogens is 3. The first-order valence-electron chi connectivity index (χ1n) is 6.45. The quantitative estimate of drug-likeness (QED) is 0.894. The van der Waals surface area contributed by atoms with Crippen LogP contribution in [0.15, 0.2) is 21.6 Å². The number of hydrogen-bond donors (Lipinski definition) is 1. The molecule has 0 atom stereocenters. The molecule has 2 aromatic heterocycles. The van der Waals surface area contributed by atoms with Crippen LogP contribution in [0.25, 0.3) is 0 Å². The van der Waals surface area contributed by atoms with Crippen molar-refractivity contribution in [3.8, 4) is 0 Å². The minimum absolute atomic E-state index is 0.216. The second-order valence-electron chi connectivity index (χ2n) is 4.74. The van der Waals surface area contributed by atoms with E-state index in [2.05, 4.69) is 30.7 Å². The summed E-state index contributed by atoms with van der Waals surface area (Å²) in [6.07, 6.45) is 1.56. The van der Waals surface area contributed by atoms with Crippen molar-refractivity contribution in [2.75, 3.05) is 4.72 Å². The Morgan fingerprint density at radius 1 is 1.33 bits per heavy atom. The summed E-state index contributed by atoms with van der Waals surface area (Å²) in [5.74, 6) is 0.321.